The molecular formula is C17H18N2O4S. The van der Waals surface area contributed by atoms with Crippen LogP contribution >= 0.6 is 11.3 Å². The summed E-state index contributed by atoms with van der Waals surface area (Å²) in [5, 5.41) is 12.1. The van der Waals surface area contributed by atoms with E-state index >= 15 is 0 Å². The molecule has 126 valence electrons. The van der Waals surface area contributed by atoms with Gasteiger partial charge in [0.05, 0.1) is 16.7 Å². The molecule has 3 rings (SSSR count). The van der Waals surface area contributed by atoms with Gasteiger partial charge in [-0.15, -0.1) is 11.3 Å². The van der Waals surface area contributed by atoms with E-state index in [1.807, 2.05) is 19.0 Å². The number of carbonyl (C=O) groups excluding carboxylic acids is 2. The second-order valence-electron chi connectivity index (χ2n) is 5.79. The van der Waals surface area contributed by atoms with Crippen LogP contribution in [0.3, 0.4) is 0 Å². The van der Waals surface area contributed by atoms with Crippen molar-refractivity contribution in [3.05, 3.63) is 57.9 Å². The molecule has 0 saturated carbocycles. The van der Waals surface area contributed by atoms with Crippen molar-refractivity contribution >= 4 is 23.0 Å². The van der Waals surface area contributed by atoms with Crippen molar-refractivity contribution in [3.63, 3.8) is 0 Å². The fourth-order valence-corrected chi connectivity index (χ4v) is 3.38. The van der Waals surface area contributed by atoms with Gasteiger partial charge >= 0.3 is 0 Å². The van der Waals surface area contributed by atoms with Crippen LogP contribution in [0.15, 0.2) is 51.7 Å². The van der Waals surface area contributed by atoms with E-state index in [-0.39, 0.29) is 11.4 Å². The van der Waals surface area contributed by atoms with Crippen molar-refractivity contribution < 1.29 is 19.1 Å². The number of Topliss-reactive ketones (excluding diaryl/α,β-unsaturated/α-hetero) is 1. The molecule has 0 radical (unpaired) electrons. The maximum atomic E-state index is 12.8. The van der Waals surface area contributed by atoms with Crippen LogP contribution in [-0.4, -0.2) is 53.8 Å². The summed E-state index contributed by atoms with van der Waals surface area (Å²) in [6, 6.07) is 6.15. The van der Waals surface area contributed by atoms with Crippen LogP contribution in [0.1, 0.15) is 21.5 Å². The zero-order valence-electron chi connectivity index (χ0n) is 13.4. The molecule has 1 amide bonds. The smallest absolute Gasteiger partial charge is 0.290 e. The van der Waals surface area contributed by atoms with E-state index in [0.29, 0.717) is 23.7 Å². The van der Waals surface area contributed by atoms with Crippen LogP contribution in [0.5, 0.6) is 0 Å². The number of hydrogen-bond donors (Lipinski definition) is 1. The molecule has 0 spiro atoms. The predicted molar refractivity (Wildman–Crippen MR) is 90.0 cm³/mol. The Morgan fingerprint density at radius 1 is 1.38 bits per heavy atom. The van der Waals surface area contributed by atoms with Gasteiger partial charge in [0.15, 0.2) is 5.76 Å². The average Bonchev–Trinajstić information content (AvgIpc) is 3.27. The first kappa shape index (κ1) is 16.5. The van der Waals surface area contributed by atoms with Gasteiger partial charge in [-0.2, -0.15) is 0 Å². The third-order valence-corrected chi connectivity index (χ3v) is 4.76. The molecule has 0 fully saturated rings. The highest BCUT2D eigenvalue weighted by atomic mass is 32.1. The first-order valence-corrected chi connectivity index (χ1v) is 8.39. The molecule has 3 heterocycles. The topological polar surface area (TPSA) is 74.0 Å². The highest BCUT2D eigenvalue weighted by Crippen LogP contribution is 2.39. The van der Waals surface area contributed by atoms with Crippen LogP contribution in [0.4, 0.5) is 0 Å². The molecule has 0 saturated heterocycles. The second kappa shape index (κ2) is 6.62. The number of aliphatic hydroxyl groups excluding tert-OH is 1. The Morgan fingerprint density at radius 2 is 2.17 bits per heavy atom. The van der Waals surface area contributed by atoms with Gasteiger partial charge in [-0.1, -0.05) is 6.07 Å². The first-order valence-electron chi connectivity index (χ1n) is 7.51. The lowest BCUT2D eigenvalue weighted by molar-refractivity contribution is -0.129. The quantitative estimate of drug-likeness (QED) is 0.814. The van der Waals surface area contributed by atoms with E-state index in [1.54, 1.807) is 29.6 Å². The average molecular weight is 346 g/mol. The summed E-state index contributed by atoms with van der Waals surface area (Å²) in [6.45, 7) is 0.985. The summed E-state index contributed by atoms with van der Waals surface area (Å²) in [5.41, 5.74) is 0.0798. The maximum absolute atomic E-state index is 12.8. The highest BCUT2D eigenvalue weighted by Gasteiger charge is 2.45. The van der Waals surface area contributed by atoms with Crippen LogP contribution in [0.25, 0.3) is 0 Å². The minimum absolute atomic E-state index is 0.0798. The second-order valence-corrected chi connectivity index (χ2v) is 6.74. The van der Waals surface area contributed by atoms with Crippen molar-refractivity contribution in [2.75, 3.05) is 27.2 Å². The highest BCUT2D eigenvalue weighted by molar-refractivity contribution is 7.12. The van der Waals surface area contributed by atoms with E-state index in [1.165, 1.54) is 22.5 Å². The minimum atomic E-state index is -0.706. The number of rotatable bonds is 6. The van der Waals surface area contributed by atoms with Crippen molar-refractivity contribution in [1.29, 1.82) is 0 Å². The van der Waals surface area contributed by atoms with E-state index in [4.69, 9.17) is 4.42 Å². The van der Waals surface area contributed by atoms with Gasteiger partial charge in [-0.05, 0) is 37.7 Å². The van der Waals surface area contributed by atoms with Gasteiger partial charge in [0.25, 0.3) is 5.91 Å². The summed E-state index contributed by atoms with van der Waals surface area (Å²) in [4.78, 5) is 29.2. The Kier molecular flexibility index (Phi) is 4.55. The van der Waals surface area contributed by atoms with Gasteiger partial charge in [0, 0.05) is 13.1 Å². The zero-order valence-corrected chi connectivity index (χ0v) is 14.2. The van der Waals surface area contributed by atoms with Crippen LogP contribution in [0, 0.1) is 0 Å². The third kappa shape index (κ3) is 2.88. The van der Waals surface area contributed by atoms with Crippen LogP contribution in [-0.2, 0) is 4.79 Å². The molecule has 1 aliphatic rings. The van der Waals surface area contributed by atoms with Gasteiger partial charge in [-0.3, -0.25) is 9.59 Å². The Morgan fingerprint density at radius 3 is 2.75 bits per heavy atom. The SMILES string of the molecule is CN(C)CCN1C(=O)C(O)=C(C(=O)c2cccs2)[C@H]1c1ccco1. The van der Waals surface area contributed by atoms with E-state index < -0.39 is 17.7 Å². The molecule has 1 atom stereocenters. The van der Waals surface area contributed by atoms with Gasteiger partial charge < -0.3 is 19.3 Å². The lowest BCUT2D eigenvalue weighted by atomic mass is 10.0. The largest absolute Gasteiger partial charge is 0.503 e. The Labute approximate surface area is 143 Å². The van der Waals surface area contributed by atoms with E-state index in [9.17, 15) is 14.7 Å². The lowest BCUT2D eigenvalue weighted by Crippen LogP contribution is -2.36. The summed E-state index contributed by atoms with van der Waals surface area (Å²) in [7, 11) is 3.79. The predicted octanol–water partition coefficient (Wildman–Crippen LogP) is 2.48. The molecular weight excluding hydrogens is 328 g/mol. The van der Waals surface area contributed by atoms with Gasteiger partial charge in [0.1, 0.15) is 11.8 Å². The summed E-state index contributed by atoms with van der Waals surface area (Å²) in [6.07, 6.45) is 1.49. The van der Waals surface area contributed by atoms with Crippen LogP contribution in [0.2, 0.25) is 0 Å². The first-order chi connectivity index (χ1) is 11.5. The van der Waals surface area contributed by atoms with Gasteiger partial charge in [0.2, 0.25) is 5.78 Å². The lowest BCUT2D eigenvalue weighted by Gasteiger charge is -2.26. The third-order valence-electron chi connectivity index (χ3n) is 3.89. The Bertz CT molecular complexity index is 763. The van der Waals surface area contributed by atoms with Crippen molar-refractivity contribution in [2.24, 2.45) is 0 Å². The normalized spacial score (nSPS) is 18.0. The molecule has 0 bridgehead atoms. The van der Waals surface area contributed by atoms with Crippen molar-refractivity contribution in [2.45, 2.75) is 6.04 Å². The molecule has 7 heteroatoms. The summed E-state index contributed by atoms with van der Waals surface area (Å²) < 4.78 is 5.45. The Balaban J connectivity index is 2.01. The minimum Gasteiger partial charge on any atom is -0.503 e. The number of nitrogens with zero attached hydrogens (tertiary/aromatic N) is 2. The monoisotopic (exact) mass is 346 g/mol. The molecule has 2 aromatic rings. The van der Waals surface area contributed by atoms with Crippen molar-refractivity contribution in [3.8, 4) is 0 Å². The maximum Gasteiger partial charge on any atom is 0.290 e. The fourth-order valence-electron chi connectivity index (χ4n) is 2.71. The van der Waals surface area contributed by atoms with Crippen LogP contribution < -0.4 is 0 Å². The number of hydrogen-bond acceptors (Lipinski definition) is 6. The number of carbonyl (C=O) groups is 2. The molecule has 6 nitrogen and oxygen atoms in total. The van der Waals surface area contributed by atoms with E-state index in [0.717, 1.165) is 0 Å². The number of likely N-dealkylation sites (N-methyl/N-ethyl adjacent to an activating group) is 1. The standard InChI is InChI=1S/C17H18N2O4S/c1-18(2)7-8-19-14(11-5-3-9-23-11)13(16(21)17(19)22)15(20)12-6-4-10-24-12/h3-6,9-10,14,21H,7-8H2,1-2H3/t14-/m1/s1. The van der Waals surface area contributed by atoms with Crippen molar-refractivity contribution in [1.82, 2.24) is 9.80 Å². The summed E-state index contributed by atoms with van der Waals surface area (Å²) in [5.74, 6) is -0.914. The number of ketones is 1. The molecule has 1 aliphatic heterocycles. The summed E-state index contributed by atoms with van der Waals surface area (Å²) >= 11 is 1.28. The number of aliphatic hydroxyl groups is 1. The number of amides is 1. The number of thiophene rings is 1. The fraction of sp³-hybridized carbons (Fsp3) is 0.294. The van der Waals surface area contributed by atoms with E-state index in [2.05, 4.69) is 0 Å². The van der Waals surface area contributed by atoms with Gasteiger partial charge in [-0.25, -0.2) is 0 Å². The molecule has 1 N–H and O–H groups in total. The molecule has 2 aromatic heterocycles. The molecule has 0 aromatic carbocycles. The molecule has 24 heavy (non-hydrogen) atoms. The number of furan rings is 1. The molecule has 0 unspecified atom stereocenters. The molecule has 0 aliphatic carbocycles. The zero-order chi connectivity index (χ0) is 17.3. The Hall–Kier alpha value is -2.38.